The number of aryl methyl sites for hydroxylation is 1. The Kier molecular flexibility index (Phi) is 4.13. The van der Waals surface area contributed by atoms with Gasteiger partial charge in [0.25, 0.3) is 0 Å². The molecule has 136 valence electrons. The monoisotopic (exact) mass is 359 g/mol. The third-order valence-corrected chi connectivity index (χ3v) is 5.30. The van der Waals surface area contributed by atoms with E-state index in [1.54, 1.807) is 10.9 Å². The van der Waals surface area contributed by atoms with Gasteiger partial charge in [0.1, 0.15) is 0 Å². The van der Waals surface area contributed by atoms with Crippen molar-refractivity contribution in [3.63, 3.8) is 0 Å². The number of hydrogen-bond acceptors (Lipinski definition) is 6. The fourth-order valence-corrected chi connectivity index (χ4v) is 3.65. The number of rotatable bonds is 4. The first-order valence-electron chi connectivity index (χ1n) is 8.90. The Morgan fingerprint density at radius 1 is 1.37 bits per heavy atom. The molecule has 1 atom stereocenters. The zero-order chi connectivity index (χ0) is 19.0. The van der Waals surface area contributed by atoms with Crippen molar-refractivity contribution in [1.82, 2.24) is 19.7 Å². The van der Waals surface area contributed by atoms with Gasteiger partial charge in [-0.2, -0.15) is 10.4 Å². The first-order valence-corrected chi connectivity index (χ1v) is 8.90. The molecule has 1 aliphatic carbocycles. The lowest BCUT2D eigenvalue weighted by atomic mass is 9.82. The number of anilines is 2. The lowest BCUT2D eigenvalue weighted by Crippen LogP contribution is -2.29. The average Bonchev–Trinajstić information content (AvgIpc) is 3.25. The van der Waals surface area contributed by atoms with Crippen LogP contribution in [0.5, 0.6) is 0 Å². The fraction of sp³-hybridized carbons (Fsp3) is 0.300. The van der Waals surface area contributed by atoms with Crippen LogP contribution >= 0.6 is 0 Å². The zero-order valence-corrected chi connectivity index (χ0v) is 15.4. The van der Waals surface area contributed by atoms with Crippen molar-refractivity contribution in [2.75, 3.05) is 11.9 Å². The van der Waals surface area contributed by atoms with Crippen molar-refractivity contribution in [2.24, 2.45) is 12.8 Å². The summed E-state index contributed by atoms with van der Waals surface area (Å²) in [7, 11) is 1.85. The van der Waals surface area contributed by atoms with Crippen LogP contribution in [0.2, 0.25) is 0 Å². The van der Waals surface area contributed by atoms with E-state index in [1.165, 1.54) is 0 Å². The zero-order valence-electron chi connectivity index (χ0n) is 15.4. The Morgan fingerprint density at radius 2 is 2.22 bits per heavy atom. The predicted molar refractivity (Wildman–Crippen MR) is 103 cm³/mol. The van der Waals surface area contributed by atoms with Gasteiger partial charge in [-0.15, -0.1) is 0 Å². The van der Waals surface area contributed by atoms with Crippen LogP contribution in [0.15, 0.2) is 36.7 Å². The summed E-state index contributed by atoms with van der Waals surface area (Å²) in [5, 5.41) is 17.0. The van der Waals surface area contributed by atoms with Crippen LogP contribution in [0.1, 0.15) is 30.0 Å². The summed E-state index contributed by atoms with van der Waals surface area (Å²) in [5.74, 6) is 1.14. The van der Waals surface area contributed by atoms with E-state index in [1.807, 2.05) is 31.4 Å². The molecule has 0 unspecified atom stereocenters. The molecule has 27 heavy (non-hydrogen) atoms. The first kappa shape index (κ1) is 17.2. The molecule has 0 fully saturated rings. The Hall–Kier alpha value is -3.24. The summed E-state index contributed by atoms with van der Waals surface area (Å²) in [6.45, 7) is 2.72. The molecule has 0 saturated carbocycles. The van der Waals surface area contributed by atoms with Crippen molar-refractivity contribution in [3.05, 3.63) is 53.3 Å². The minimum atomic E-state index is -0.0982. The van der Waals surface area contributed by atoms with E-state index in [0.717, 1.165) is 35.2 Å². The number of aromatic nitrogens is 4. The maximum atomic E-state index is 9.63. The van der Waals surface area contributed by atoms with E-state index in [2.05, 4.69) is 39.4 Å². The number of nitriles is 1. The average molecular weight is 359 g/mol. The molecule has 7 heteroatoms. The minimum absolute atomic E-state index is 0.0982. The van der Waals surface area contributed by atoms with Crippen molar-refractivity contribution < 1.29 is 0 Å². The molecule has 3 aromatic rings. The Labute approximate surface area is 157 Å². The van der Waals surface area contributed by atoms with Gasteiger partial charge in [-0.05, 0) is 42.2 Å². The Bertz CT molecular complexity index is 1050. The lowest BCUT2D eigenvalue weighted by Gasteiger charge is -2.23. The summed E-state index contributed by atoms with van der Waals surface area (Å²) in [6.07, 6.45) is 5.41. The van der Waals surface area contributed by atoms with Crippen LogP contribution in [0.3, 0.4) is 0 Å². The second-order valence-electron chi connectivity index (χ2n) is 7.19. The largest absolute Gasteiger partial charge is 0.330 e. The summed E-state index contributed by atoms with van der Waals surface area (Å²) < 4.78 is 1.71. The molecule has 0 amide bonds. The number of hydrogen-bond donors (Lipinski definition) is 2. The topological polar surface area (TPSA) is 105 Å². The number of nitrogens with zero attached hydrogens (tertiary/aromatic N) is 5. The van der Waals surface area contributed by atoms with Gasteiger partial charge in [-0.25, -0.2) is 9.97 Å². The van der Waals surface area contributed by atoms with Crippen LogP contribution in [-0.2, 0) is 18.9 Å². The van der Waals surface area contributed by atoms with Crippen molar-refractivity contribution >= 4 is 11.8 Å². The second-order valence-corrected chi connectivity index (χ2v) is 7.19. The lowest BCUT2D eigenvalue weighted by molar-refractivity contribution is 0.482. The summed E-state index contributed by atoms with van der Waals surface area (Å²) in [6, 6.07) is 10.1. The van der Waals surface area contributed by atoms with E-state index in [-0.39, 0.29) is 5.41 Å². The Balaban J connectivity index is 1.75. The molecule has 1 aromatic carbocycles. The second kappa shape index (κ2) is 6.49. The first-order chi connectivity index (χ1) is 13.0. The Morgan fingerprint density at radius 3 is 2.93 bits per heavy atom. The molecule has 0 radical (unpaired) electrons. The molecule has 0 saturated heterocycles. The number of benzene rings is 1. The molecular formula is C20H21N7. The van der Waals surface area contributed by atoms with Crippen molar-refractivity contribution in [1.29, 1.82) is 5.26 Å². The van der Waals surface area contributed by atoms with E-state index in [0.29, 0.717) is 23.9 Å². The highest BCUT2D eigenvalue weighted by Crippen LogP contribution is 2.41. The van der Waals surface area contributed by atoms with Crippen LogP contribution in [0, 0.1) is 11.3 Å². The smallest absolute Gasteiger partial charge is 0.228 e. The highest BCUT2D eigenvalue weighted by molar-refractivity contribution is 5.67. The normalized spacial score (nSPS) is 18.1. The van der Waals surface area contributed by atoms with Gasteiger partial charge >= 0.3 is 0 Å². The number of fused-ring (bicyclic) bond motifs is 1. The van der Waals surface area contributed by atoms with E-state index >= 15 is 0 Å². The third-order valence-electron chi connectivity index (χ3n) is 5.30. The molecular weight excluding hydrogens is 338 g/mol. The molecule has 7 nitrogen and oxygen atoms in total. The highest BCUT2D eigenvalue weighted by Gasteiger charge is 2.35. The van der Waals surface area contributed by atoms with Crippen molar-refractivity contribution in [3.8, 4) is 17.3 Å². The van der Waals surface area contributed by atoms with Gasteiger partial charge in [-0.1, -0.05) is 6.92 Å². The van der Waals surface area contributed by atoms with Gasteiger partial charge in [0.2, 0.25) is 5.95 Å². The van der Waals surface area contributed by atoms with Crippen LogP contribution in [0.4, 0.5) is 11.8 Å². The SMILES string of the molecule is Cn1ccc(Nc2nccc(-c3cc(C#N)c4c(c3)[C@@](C)(CN)CC4)n2)n1. The van der Waals surface area contributed by atoms with Gasteiger partial charge in [0.05, 0.1) is 17.3 Å². The predicted octanol–water partition coefficient (Wildman–Crippen LogP) is 2.65. The minimum Gasteiger partial charge on any atom is -0.330 e. The van der Waals surface area contributed by atoms with Crippen LogP contribution in [0.25, 0.3) is 11.3 Å². The molecule has 4 rings (SSSR count). The van der Waals surface area contributed by atoms with Gasteiger partial charge in [0.15, 0.2) is 5.82 Å². The van der Waals surface area contributed by atoms with Gasteiger partial charge in [0, 0.05) is 43.0 Å². The highest BCUT2D eigenvalue weighted by atomic mass is 15.3. The maximum absolute atomic E-state index is 9.63. The third kappa shape index (κ3) is 3.04. The fourth-order valence-electron chi connectivity index (χ4n) is 3.65. The van der Waals surface area contributed by atoms with E-state index < -0.39 is 0 Å². The molecule has 0 spiro atoms. The van der Waals surface area contributed by atoms with Gasteiger partial charge in [-0.3, -0.25) is 4.68 Å². The molecule has 3 N–H and O–H groups in total. The van der Waals surface area contributed by atoms with Crippen LogP contribution < -0.4 is 11.1 Å². The molecule has 0 aliphatic heterocycles. The quantitative estimate of drug-likeness (QED) is 0.742. The van der Waals surface area contributed by atoms with Gasteiger partial charge < -0.3 is 11.1 Å². The van der Waals surface area contributed by atoms with Crippen LogP contribution in [-0.4, -0.2) is 26.3 Å². The standard InChI is InChI=1S/C20H21N7/c1-20(12-22)6-3-15-14(11-21)9-13(10-16(15)20)17-4-7-23-19(24-17)25-18-5-8-27(2)26-18/h4-5,7-10H,3,6,12,22H2,1-2H3,(H,23,24,25,26)/t20-/m1/s1. The van der Waals surface area contributed by atoms with E-state index in [9.17, 15) is 5.26 Å². The molecule has 2 heterocycles. The number of nitrogens with one attached hydrogen (secondary N) is 1. The van der Waals surface area contributed by atoms with Crippen molar-refractivity contribution in [2.45, 2.75) is 25.2 Å². The summed E-state index contributed by atoms with van der Waals surface area (Å²) >= 11 is 0. The molecule has 2 aromatic heterocycles. The molecule has 1 aliphatic rings. The summed E-state index contributed by atoms with van der Waals surface area (Å²) in [4.78, 5) is 8.88. The number of nitrogens with two attached hydrogens (primary N) is 1. The molecule has 0 bridgehead atoms. The van der Waals surface area contributed by atoms with E-state index in [4.69, 9.17) is 5.73 Å². The maximum Gasteiger partial charge on any atom is 0.228 e. The summed E-state index contributed by atoms with van der Waals surface area (Å²) in [5.41, 5.74) is 10.6.